The molecule has 0 heterocycles. The van der Waals surface area contributed by atoms with Crippen molar-refractivity contribution in [1.82, 2.24) is 10.2 Å². The quantitative estimate of drug-likeness (QED) is 0.718. The second-order valence-electron chi connectivity index (χ2n) is 5.76. The summed E-state index contributed by atoms with van der Waals surface area (Å²) in [7, 11) is 1.51. The van der Waals surface area contributed by atoms with Gasteiger partial charge in [-0.1, -0.05) is 46.9 Å². The fourth-order valence-corrected chi connectivity index (χ4v) is 3.13. The highest BCUT2D eigenvalue weighted by Gasteiger charge is 2.27. The van der Waals surface area contributed by atoms with Crippen LogP contribution in [0.4, 0.5) is 0 Å². The number of likely N-dealkylation sites (N-methyl/N-ethyl adjacent to an activating group) is 1. The van der Waals surface area contributed by atoms with Gasteiger partial charge in [-0.25, -0.2) is 0 Å². The van der Waals surface area contributed by atoms with Crippen LogP contribution in [0.1, 0.15) is 12.5 Å². The summed E-state index contributed by atoms with van der Waals surface area (Å²) in [4.78, 5) is 26.3. The maximum atomic E-state index is 12.8. The summed E-state index contributed by atoms with van der Waals surface area (Å²) in [6.07, 6.45) is 0. The molecule has 2 rings (SSSR count). The molecule has 8 heteroatoms. The van der Waals surface area contributed by atoms with Gasteiger partial charge in [-0.2, -0.15) is 0 Å². The third-order valence-corrected chi connectivity index (χ3v) is 4.91. The predicted octanol–water partition coefficient (Wildman–Crippen LogP) is 4.19. The van der Waals surface area contributed by atoms with Gasteiger partial charge in [0.15, 0.2) is 6.61 Å². The molecule has 144 valence electrons. The van der Waals surface area contributed by atoms with Gasteiger partial charge in [-0.05, 0) is 37.3 Å². The van der Waals surface area contributed by atoms with Crippen LogP contribution in [0.5, 0.6) is 5.75 Å². The number of nitrogens with one attached hydrogen (secondary N) is 1. The first kappa shape index (κ1) is 21.4. The molecule has 1 N–H and O–H groups in total. The van der Waals surface area contributed by atoms with Crippen LogP contribution in [0.15, 0.2) is 42.5 Å². The largest absolute Gasteiger partial charge is 0.484 e. The van der Waals surface area contributed by atoms with Gasteiger partial charge in [0.1, 0.15) is 11.8 Å². The van der Waals surface area contributed by atoms with Crippen molar-refractivity contribution in [2.45, 2.75) is 19.5 Å². The predicted molar refractivity (Wildman–Crippen MR) is 107 cm³/mol. The molecular weight excluding hydrogens is 411 g/mol. The van der Waals surface area contributed by atoms with E-state index in [0.29, 0.717) is 26.4 Å². The number of benzene rings is 2. The third-order valence-electron chi connectivity index (χ3n) is 3.96. The zero-order valence-corrected chi connectivity index (χ0v) is 17.1. The fraction of sp³-hybridized carbons (Fsp3) is 0.263. The number of amides is 2. The minimum atomic E-state index is -0.738. The van der Waals surface area contributed by atoms with Gasteiger partial charge in [0.05, 0.1) is 0 Å². The minimum absolute atomic E-state index is 0.0742. The van der Waals surface area contributed by atoms with Gasteiger partial charge in [-0.15, -0.1) is 0 Å². The zero-order valence-electron chi connectivity index (χ0n) is 14.8. The van der Waals surface area contributed by atoms with Crippen molar-refractivity contribution < 1.29 is 14.3 Å². The maximum Gasteiger partial charge on any atom is 0.261 e. The van der Waals surface area contributed by atoms with Crippen molar-refractivity contribution in [3.63, 3.8) is 0 Å². The number of hydrogen-bond acceptors (Lipinski definition) is 3. The van der Waals surface area contributed by atoms with E-state index in [4.69, 9.17) is 39.5 Å². The van der Waals surface area contributed by atoms with Crippen LogP contribution in [0, 0.1) is 0 Å². The van der Waals surface area contributed by atoms with Gasteiger partial charge < -0.3 is 15.0 Å². The van der Waals surface area contributed by atoms with Crippen LogP contribution >= 0.6 is 34.8 Å². The van der Waals surface area contributed by atoms with Crippen molar-refractivity contribution in [3.05, 3.63) is 63.1 Å². The van der Waals surface area contributed by atoms with Crippen molar-refractivity contribution >= 4 is 46.6 Å². The number of carbonyl (C=O) groups excluding carboxylic acids is 2. The van der Waals surface area contributed by atoms with E-state index >= 15 is 0 Å². The topological polar surface area (TPSA) is 58.6 Å². The summed E-state index contributed by atoms with van der Waals surface area (Å²) in [5, 5.41) is 3.87. The van der Waals surface area contributed by atoms with Crippen molar-refractivity contribution in [2.24, 2.45) is 0 Å². The molecule has 0 spiro atoms. The summed E-state index contributed by atoms with van der Waals surface area (Å²) in [5.41, 5.74) is 0.563. The summed E-state index contributed by atoms with van der Waals surface area (Å²) in [5.74, 6) is -0.240. The Labute approximate surface area is 173 Å². The minimum Gasteiger partial charge on any atom is -0.484 e. The van der Waals surface area contributed by atoms with Gasteiger partial charge in [-0.3, -0.25) is 9.59 Å². The van der Waals surface area contributed by atoms with Crippen LogP contribution in [0.25, 0.3) is 0 Å². The SMILES string of the molecule is CNC(=O)[C@@H](C)N(Cc1c(Cl)cccc1Cl)C(=O)COc1cccc(Cl)c1. The molecular formula is C19H19Cl3N2O3. The van der Waals surface area contributed by atoms with Crippen LogP contribution < -0.4 is 10.1 Å². The molecule has 2 aromatic rings. The van der Waals surface area contributed by atoms with E-state index in [1.807, 2.05) is 0 Å². The maximum absolute atomic E-state index is 12.8. The Morgan fingerprint density at radius 2 is 1.74 bits per heavy atom. The van der Waals surface area contributed by atoms with E-state index in [-0.39, 0.29) is 25.0 Å². The summed E-state index contributed by atoms with van der Waals surface area (Å²) >= 11 is 18.4. The number of hydrogen-bond donors (Lipinski definition) is 1. The van der Waals surface area contributed by atoms with E-state index in [9.17, 15) is 9.59 Å². The van der Waals surface area contributed by atoms with Crippen molar-refractivity contribution in [3.8, 4) is 5.75 Å². The first-order valence-electron chi connectivity index (χ1n) is 8.15. The van der Waals surface area contributed by atoms with Crippen molar-refractivity contribution in [2.75, 3.05) is 13.7 Å². The Hall–Kier alpha value is -1.95. The Kier molecular flexibility index (Phi) is 7.78. The number of rotatable bonds is 7. The lowest BCUT2D eigenvalue weighted by Gasteiger charge is -2.29. The average molecular weight is 430 g/mol. The monoisotopic (exact) mass is 428 g/mol. The zero-order chi connectivity index (χ0) is 20.0. The standard InChI is InChI=1S/C19H19Cl3N2O3/c1-12(19(26)23-2)24(10-15-16(21)7-4-8-17(15)22)18(25)11-27-14-6-3-5-13(20)9-14/h3-9,12H,10-11H2,1-2H3,(H,23,26)/t12-/m1/s1. The van der Waals surface area contributed by atoms with Gasteiger partial charge in [0.25, 0.3) is 5.91 Å². The number of halogens is 3. The first-order valence-corrected chi connectivity index (χ1v) is 9.29. The lowest BCUT2D eigenvalue weighted by atomic mass is 10.1. The van der Waals surface area contributed by atoms with E-state index in [0.717, 1.165) is 0 Å². The molecule has 0 fully saturated rings. The van der Waals surface area contributed by atoms with Gasteiger partial charge in [0.2, 0.25) is 5.91 Å². The van der Waals surface area contributed by atoms with E-state index in [1.54, 1.807) is 49.4 Å². The molecule has 0 unspecified atom stereocenters. The highest BCUT2D eigenvalue weighted by atomic mass is 35.5. The molecule has 2 aromatic carbocycles. The van der Waals surface area contributed by atoms with E-state index in [2.05, 4.69) is 5.32 Å². The van der Waals surface area contributed by atoms with Crippen LogP contribution in [-0.4, -0.2) is 36.4 Å². The second kappa shape index (κ2) is 9.83. The molecule has 1 atom stereocenters. The molecule has 0 saturated heterocycles. The molecule has 5 nitrogen and oxygen atoms in total. The van der Waals surface area contributed by atoms with Gasteiger partial charge in [0, 0.05) is 34.2 Å². The summed E-state index contributed by atoms with van der Waals surface area (Å²) in [6, 6.07) is 11.1. The molecule has 0 saturated carbocycles. The average Bonchev–Trinajstić information content (AvgIpc) is 2.65. The van der Waals surface area contributed by atoms with Crippen LogP contribution in [-0.2, 0) is 16.1 Å². The lowest BCUT2D eigenvalue weighted by molar-refractivity contribution is -0.142. The molecule has 2 amide bonds. The van der Waals surface area contributed by atoms with Crippen LogP contribution in [0.2, 0.25) is 15.1 Å². The smallest absolute Gasteiger partial charge is 0.261 e. The third kappa shape index (κ3) is 5.76. The van der Waals surface area contributed by atoms with E-state index in [1.165, 1.54) is 11.9 Å². The molecule has 0 aliphatic carbocycles. The number of carbonyl (C=O) groups is 2. The molecule has 27 heavy (non-hydrogen) atoms. The van der Waals surface area contributed by atoms with Crippen LogP contribution in [0.3, 0.4) is 0 Å². The lowest BCUT2D eigenvalue weighted by Crippen LogP contribution is -2.48. The molecule has 0 bridgehead atoms. The number of ether oxygens (including phenoxy) is 1. The molecule has 0 aliphatic rings. The highest BCUT2D eigenvalue weighted by molar-refractivity contribution is 6.36. The van der Waals surface area contributed by atoms with E-state index < -0.39 is 6.04 Å². The molecule has 0 radical (unpaired) electrons. The number of nitrogens with zero attached hydrogens (tertiary/aromatic N) is 1. The van der Waals surface area contributed by atoms with Gasteiger partial charge >= 0.3 is 0 Å². The first-order chi connectivity index (χ1) is 12.8. The summed E-state index contributed by atoms with van der Waals surface area (Å²) in [6.45, 7) is 1.44. The normalized spacial score (nSPS) is 11.6. The molecule has 0 aliphatic heterocycles. The Morgan fingerprint density at radius 3 is 2.33 bits per heavy atom. The Balaban J connectivity index is 2.21. The van der Waals surface area contributed by atoms with Crippen molar-refractivity contribution in [1.29, 1.82) is 0 Å². The Morgan fingerprint density at radius 1 is 1.11 bits per heavy atom. The summed E-state index contributed by atoms with van der Waals surface area (Å²) < 4.78 is 5.52. The molecule has 0 aromatic heterocycles. The highest BCUT2D eigenvalue weighted by Crippen LogP contribution is 2.26. The Bertz CT molecular complexity index is 809. The second-order valence-corrected chi connectivity index (χ2v) is 7.01. The fourth-order valence-electron chi connectivity index (χ4n) is 2.43.